The lowest BCUT2D eigenvalue weighted by molar-refractivity contribution is -0.135. The molecule has 1 N–H and O–H groups in total. The maximum atomic E-state index is 12.7. The van der Waals surface area contributed by atoms with Crippen molar-refractivity contribution < 1.29 is 9.59 Å². The molecule has 0 radical (unpaired) electrons. The van der Waals surface area contributed by atoms with Crippen LogP contribution in [0.15, 0.2) is 46.7 Å². The van der Waals surface area contributed by atoms with Crippen molar-refractivity contribution in [3.8, 4) is 0 Å². The first kappa shape index (κ1) is 18.9. The van der Waals surface area contributed by atoms with Crippen LogP contribution in [-0.2, 0) is 9.59 Å². The van der Waals surface area contributed by atoms with Crippen molar-refractivity contribution in [2.45, 2.75) is 42.7 Å². The number of likely N-dealkylation sites (tertiary alicyclic amines) is 1. The molecule has 2 heterocycles. The molecule has 7 heteroatoms. The fourth-order valence-corrected chi connectivity index (χ4v) is 4.28. The highest BCUT2D eigenvalue weighted by Crippen LogP contribution is 2.33. The number of amides is 2. The van der Waals surface area contributed by atoms with Crippen LogP contribution in [0.5, 0.6) is 0 Å². The van der Waals surface area contributed by atoms with E-state index in [2.05, 4.69) is 15.3 Å². The monoisotopic (exact) mass is 396 g/mol. The summed E-state index contributed by atoms with van der Waals surface area (Å²) in [7, 11) is 0. The molecule has 1 aromatic carbocycles. The van der Waals surface area contributed by atoms with Gasteiger partial charge >= 0.3 is 0 Å². The third-order valence-corrected chi connectivity index (χ3v) is 6.19. The predicted octanol–water partition coefficient (Wildman–Crippen LogP) is 3.52. The topological polar surface area (TPSA) is 75.2 Å². The van der Waals surface area contributed by atoms with Gasteiger partial charge in [0.25, 0.3) is 0 Å². The molecule has 2 amide bonds. The average Bonchev–Trinajstić information content (AvgIpc) is 3.56. The summed E-state index contributed by atoms with van der Waals surface area (Å²) in [6.07, 6.45) is 6.98. The molecule has 0 atom stereocenters. The van der Waals surface area contributed by atoms with Gasteiger partial charge in [-0.1, -0.05) is 0 Å². The van der Waals surface area contributed by atoms with Crippen molar-refractivity contribution in [1.29, 1.82) is 0 Å². The highest BCUT2D eigenvalue weighted by Gasteiger charge is 2.36. The smallest absolute Gasteiger partial charge is 0.227 e. The number of piperidine rings is 1. The molecule has 0 spiro atoms. The first-order chi connectivity index (χ1) is 13.6. The van der Waals surface area contributed by atoms with Gasteiger partial charge < -0.3 is 10.2 Å². The molecule has 1 aliphatic carbocycles. The number of anilines is 1. The van der Waals surface area contributed by atoms with Crippen LogP contribution in [0.25, 0.3) is 0 Å². The van der Waals surface area contributed by atoms with Gasteiger partial charge in [0.2, 0.25) is 11.8 Å². The molecule has 2 aromatic rings. The van der Waals surface area contributed by atoms with Gasteiger partial charge in [-0.3, -0.25) is 9.59 Å². The molecule has 2 fully saturated rings. The van der Waals surface area contributed by atoms with Crippen LogP contribution in [0.1, 0.15) is 31.2 Å². The molecule has 146 valence electrons. The Balaban J connectivity index is 1.32. The fourth-order valence-electron chi connectivity index (χ4n) is 3.47. The van der Waals surface area contributed by atoms with E-state index in [0.29, 0.717) is 18.2 Å². The lowest BCUT2D eigenvalue weighted by atomic mass is 9.95. The molecule has 0 unspecified atom stereocenters. The zero-order valence-electron chi connectivity index (χ0n) is 15.9. The van der Waals surface area contributed by atoms with Crippen LogP contribution >= 0.6 is 11.8 Å². The normalized spacial score (nSPS) is 17.4. The molecule has 1 aliphatic heterocycles. The molecule has 6 nitrogen and oxygen atoms in total. The van der Waals surface area contributed by atoms with E-state index >= 15 is 0 Å². The summed E-state index contributed by atoms with van der Waals surface area (Å²) in [5.41, 5.74) is 1.84. The summed E-state index contributed by atoms with van der Waals surface area (Å²) in [5.74, 6) is 0.554. The molecular formula is C21H24N4O2S. The Morgan fingerprint density at radius 3 is 2.43 bits per heavy atom. The number of aromatic nitrogens is 2. The van der Waals surface area contributed by atoms with Gasteiger partial charge in [-0.2, -0.15) is 0 Å². The van der Waals surface area contributed by atoms with E-state index < -0.39 is 0 Å². The highest BCUT2D eigenvalue weighted by atomic mass is 32.2. The van der Waals surface area contributed by atoms with Gasteiger partial charge in [0.15, 0.2) is 5.16 Å². The zero-order valence-corrected chi connectivity index (χ0v) is 16.7. The van der Waals surface area contributed by atoms with Gasteiger partial charge in [-0.25, -0.2) is 9.97 Å². The number of hydrogen-bond donors (Lipinski definition) is 1. The molecule has 0 bridgehead atoms. The third-order valence-electron chi connectivity index (χ3n) is 5.31. The highest BCUT2D eigenvalue weighted by molar-refractivity contribution is 7.99. The summed E-state index contributed by atoms with van der Waals surface area (Å²) >= 11 is 1.50. The Hall–Kier alpha value is -2.41. The van der Waals surface area contributed by atoms with Gasteiger partial charge in [0.1, 0.15) is 0 Å². The minimum Gasteiger partial charge on any atom is -0.342 e. The Kier molecular flexibility index (Phi) is 5.62. The first-order valence-corrected chi connectivity index (χ1v) is 10.6. The Bertz CT molecular complexity index is 862. The van der Waals surface area contributed by atoms with E-state index in [0.717, 1.165) is 41.8 Å². The van der Waals surface area contributed by atoms with Crippen molar-refractivity contribution >= 4 is 29.3 Å². The maximum absolute atomic E-state index is 12.7. The van der Waals surface area contributed by atoms with Crippen LogP contribution < -0.4 is 5.32 Å². The lowest BCUT2D eigenvalue weighted by Gasteiger charge is -2.31. The fraction of sp³-hybridized carbons (Fsp3) is 0.429. The number of hydrogen-bond acceptors (Lipinski definition) is 5. The Morgan fingerprint density at radius 2 is 1.79 bits per heavy atom. The summed E-state index contributed by atoms with van der Waals surface area (Å²) in [5, 5.41) is 3.77. The maximum Gasteiger partial charge on any atom is 0.227 e. The van der Waals surface area contributed by atoms with E-state index in [4.69, 9.17) is 0 Å². The number of carbonyl (C=O) groups is 2. The van der Waals surface area contributed by atoms with Crippen molar-refractivity contribution in [3.63, 3.8) is 0 Å². The second kappa shape index (κ2) is 8.31. The number of aryl methyl sites for hydroxylation is 1. The second-order valence-corrected chi connectivity index (χ2v) is 8.51. The largest absolute Gasteiger partial charge is 0.342 e. The Morgan fingerprint density at radius 1 is 1.07 bits per heavy atom. The zero-order chi connectivity index (χ0) is 19.5. The van der Waals surface area contributed by atoms with Crippen molar-refractivity contribution in [1.82, 2.24) is 14.9 Å². The van der Waals surface area contributed by atoms with Gasteiger partial charge in [0, 0.05) is 47.9 Å². The predicted molar refractivity (Wildman–Crippen MR) is 108 cm³/mol. The third kappa shape index (κ3) is 4.52. The lowest BCUT2D eigenvalue weighted by Crippen LogP contribution is -2.42. The summed E-state index contributed by atoms with van der Waals surface area (Å²) < 4.78 is 0. The van der Waals surface area contributed by atoms with Crippen LogP contribution in [0.2, 0.25) is 0 Å². The molecule has 2 aliphatic rings. The van der Waals surface area contributed by atoms with Crippen LogP contribution in [-0.4, -0.2) is 39.8 Å². The minimum atomic E-state index is -0.0329. The number of nitrogens with zero attached hydrogens (tertiary/aromatic N) is 3. The number of benzene rings is 1. The molecule has 1 aromatic heterocycles. The minimum absolute atomic E-state index is 0.0329. The van der Waals surface area contributed by atoms with Crippen molar-refractivity contribution in [2.24, 2.45) is 11.8 Å². The number of rotatable bonds is 5. The van der Waals surface area contributed by atoms with E-state index in [9.17, 15) is 9.59 Å². The quantitative estimate of drug-likeness (QED) is 0.783. The molecule has 1 saturated carbocycles. The standard InChI is InChI=1S/C21H24N4O2S/c1-14-13-17(28-21-22-9-2-10-23-21)5-6-18(14)24-19(26)15-7-11-25(12-8-15)20(27)16-3-4-16/h2,5-6,9-10,13,15-16H,3-4,7-8,11-12H2,1H3,(H,24,26). The number of nitrogens with one attached hydrogen (secondary N) is 1. The second-order valence-electron chi connectivity index (χ2n) is 7.47. The molecule has 28 heavy (non-hydrogen) atoms. The van der Waals surface area contributed by atoms with E-state index in [-0.39, 0.29) is 23.7 Å². The van der Waals surface area contributed by atoms with E-state index in [1.165, 1.54) is 11.8 Å². The summed E-state index contributed by atoms with van der Waals surface area (Å²) in [4.78, 5) is 36.2. The molecule has 4 rings (SSSR count). The molecular weight excluding hydrogens is 372 g/mol. The van der Waals surface area contributed by atoms with Crippen LogP contribution in [0, 0.1) is 18.8 Å². The Labute approximate surface area is 169 Å². The van der Waals surface area contributed by atoms with Gasteiger partial charge in [0.05, 0.1) is 0 Å². The summed E-state index contributed by atoms with van der Waals surface area (Å²) in [6.45, 7) is 3.38. The SMILES string of the molecule is Cc1cc(Sc2ncccn2)ccc1NC(=O)C1CCN(C(=O)C2CC2)CC1. The van der Waals surface area contributed by atoms with Gasteiger partial charge in [-0.15, -0.1) is 0 Å². The van der Waals surface area contributed by atoms with Crippen LogP contribution in [0.4, 0.5) is 5.69 Å². The van der Waals surface area contributed by atoms with Crippen molar-refractivity contribution in [3.05, 3.63) is 42.2 Å². The van der Waals surface area contributed by atoms with E-state index in [1.54, 1.807) is 18.5 Å². The van der Waals surface area contributed by atoms with Crippen LogP contribution in [0.3, 0.4) is 0 Å². The first-order valence-electron chi connectivity index (χ1n) is 9.75. The summed E-state index contributed by atoms with van der Waals surface area (Å²) in [6, 6.07) is 7.73. The molecule has 1 saturated heterocycles. The van der Waals surface area contributed by atoms with Crippen molar-refractivity contribution in [2.75, 3.05) is 18.4 Å². The van der Waals surface area contributed by atoms with Gasteiger partial charge in [-0.05, 0) is 74.2 Å². The average molecular weight is 397 g/mol. The number of carbonyl (C=O) groups excluding carboxylic acids is 2. The van der Waals surface area contributed by atoms with E-state index in [1.807, 2.05) is 30.0 Å².